The van der Waals surface area contributed by atoms with E-state index in [1.165, 1.54) is 42.2 Å². The summed E-state index contributed by atoms with van der Waals surface area (Å²) < 4.78 is 46.9. The molecule has 9 nitrogen and oxygen atoms in total. The van der Waals surface area contributed by atoms with Crippen molar-refractivity contribution in [3.05, 3.63) is 84.2 Å². The number of nitrogens with one attached hydrogen (secondary N) is 2. The zero-order valence-electron chi connectivity index (χ0n) is 22.5. The first-order valence-corrected chi connectivity index (χ1v) is 14.2. The number of alkyl halides is 3. The number of rotatable bonds is 9. The maximum absolute atomic E-state index is 12.9. The topological polar surface area (TPSA) is 102 Å². The van der Waals surface area contributed by atoms with Crippen molar-refractivity contribution in [1.82, 2.24) is 19.9 Å². The smallest absolute Gasteiger partial charge is 0.406 e. The van der Waals surface area contributed by atoms with Crippen molar-refractivity contribution in [1.29, 1.82) is 0 Å². The second-order valence-electron chi connectivity index (χ2n) is 9.28. The van der Waals surface area contributed by atoms with Gasteiger partial charge in [0, 0.05) is 43.3 Å². The molecule has 5 rings (SSSR count). The lowest BCUT2D eigenvalue weighted by Gasteiger charge is -2.26. The zero-order valence-corrected chi connectivity index (χ0v) is 23.3. The summed E-state index contributed by atoms with van der Waals surface area (Å²) in [5.74, 6) is 0.0350. The predicted molar refractivity (Wildman–Crippen MR) is 154 cm³/mol. The van der Waals surface area contributed by atoms with E-state index in [0.717, 1.165) is 43.3 Å². The van der Waals surface area contributed by atoms with Gasteiger partial charge in [-0.05, 0) is 60.4 Å². The van der Waals surface area contributed by atoms with E-state index in [9.17, 15) is 18.0 Å². The number of hydrogen-bond donors (Lipinski definition) is 2. The molecule has 3 heterocycles. The van der Waals surface area contributed by atoms with Crippen LogP contribution in [0.3, 0.4) is 0 Å². The van der Waals surface area contributed by atoms with Crippen molar-refractivity contribution in [2.45, 2.75) is 17.8 Å². The average Bonchev–Trinajstić information content (AvgIpc) is 2.98. The zero-order chi connectivity index (χ0) is 29.5. The molecule has 0 aliphatic carbocycles. The molecule has 0 atom stereocenters. The van der Waals surface area contributed by atoms with Crippen molar-refractivity contribution < 1.29 is 27.4 Å². The molecular formula is C29H27F3N6O3S. The van der Waals surface area contributed by atoms with Crippen LogP contribution < -0.4 is 15.4 Å². The largest absolute Gasteiger partial charge is 0.573 e. The third kappa shape index (κ3) is 7.96. The summed E-state index contributed by atoms with van der Waals surface area (Å²) in [5, 5.41) is 5.93. The lowest BCUT2D eigenvalue weighted by atomic mass is 10.1. The fraction of sp³-hybridized carbons (Fsp3) is 0.241. The van der Waals surface area contributed by atoms with Crippen LogP contribution in [0, 0.1) is 0 Å². The molecule has 218 valence electrons. The second-order valence-corrected chi connectivity index (χ2v) is 10.1. The molecule has 1 aliphatic heterocycles. The minimum absolute atomic E-state index is 0.236. The molecule has 0 spiro atoms. The van der Waals surface area contributed by atoms with Crippen LogP contribution in [0.15, 0.2) is 78.0 Å². The van der Waals surface area contributed by atoms with Gasteiger partial charge in [0.2, 0.25) is 5.95 Å². The number of pyridine rings is 1. The van der Waals surface area contributed by atoms with E-state index in [4.69, 9.17) is 4.74 Å². The molecular weight excluding hydrogens is 569 g/mol. The number of carbonyl (C=O) groups excluding carboxylic acids is 1. The highest BCUT2D eigenvalue weighted by Crippen LogP contribution is 2.31. The first kappa shape index (κ1) is 29.3. The Morgan fingerprint density at radius 3 is 2.52 bits per heavy atom. The molecule has 4 aromatic rings. The van der Waals surface area contributed by atoms with Gasteiger partial charge in [0.15, 0.2) is 0 Å². The van der Waals surface area contributed by atoms with E-state index in [0.29, 0.717) is 28.3 Å². The fourth-order valence-corrected chi connectivity index (χ4v) is 4.80. The van der Waals surface area contributed by atoms with Gasteiger partial charge in [0.25, 0.3) is 5.91 Å². The van der Waals surface area contributed by atoms with Crippen LogP contribution >= 0.6 is 11.8 Å². The number of carbonyl (C=O) groups is 1. The molecule has 0 saturated carbocycles. The molecule has 0 bridgehead atoms. The molecule has 2 aromatic carbocycles. The Morgan fingerprint density at radius 2 is 1.83 bits per heavy atom. The van der Waals surface area contributed by atoms with Crippen LogP contribution in [0.25, 0.3) is 11.3 Å². The number of halogens is 3. The van der Waals surface area contributed by atoms with Crippen LogP contribution in [0.4, 0.5) is 30.6 Å². The van der Waals surface area contributed by atoms with Gasteiger partial charge in [-0.2, -0.15) is 0 Å². The number of anilines is 3. The second kappa shape index (κ2) is 13.2. The first-order chi connectivity index (χ1) is 20.3. The van der Waals surface area contributed by atoms with Gasteiger partial charge in [-0.15, -0.1) is 24.9 Å². The number of hydrogen-bond acceptors (Lipinski definition) is 9. The Balaban J connectivity index is 1.23. The number of aromatic nitrogens is 3. The first-order valence-electron chi connectivity index (χ1n) is 13.0. The molecule has 0 radical (unpaired) electrons. The number of ether oxygens (including phenoxy) is 2. The molecule has 1 fully saturated rings. The Kier molecular flexibility index (Phi) is 9.20. The molecule has 1 aliphatic rings. The summed E-state index contributed by atoms with van der Waals surface area (Å²) in [6.07, 6.45) is 0.147. The van der Waals surface area contributed by atoms with Crippen LogP contribution in [-0.2, 0) is 11.3 Å². The van der Waals surface area contributed by atoms with Gasteiger partial charge in [-0.3, -0.25) is 9.69 Å². The SMILES string of the molecule is CSc1cnc(Nc2ccc(C(=O)Nc3cccc(CN4CCOCC4)c3)cn2)nc1-c1ccc(OC(F)(F)F)cc1. The van der Waals surface area contributed by atoms with E-state index in [2.05, 4.69) is 35.2 Å². The number of amides is 1. The van der Waals surface area contributed by atoms with Crippen molar-refractivity contribution in [3.63, 3.8) is 0 Å². The minimum atomic E-state index is -4.77. The highest BCUT2D eigenvalue weighted by atomic mass is 32.2. The van der Waals surface area contributed by atoms with Crippen molar-refractivity contribution >= 4 is 35.1 Å². The van der Waals surface area contributed by atoms with Gasteiger partial charge in [0.1, 0.15) is 11.6 Å². The summed E-state index contributed by atoms with van der Waals surface area (Å²) in [5.41, 5.74) is 3.30. The Bertz CT molecular complexity index is 1510. The predicted octanol–water partition coefficient (Wildman–Crippen LogP) is 5.99. The van der Waals surface area contributed by atoms with Crippen LogP contribution in [-0.4, -0.2) is 64.7 Å². The van der Waals surface area contributed by atoms with Gasteiger partial charge in [0.05, 0.1) is 29.4 Å². The van der Waals surface area contributed by atoms with Gasteiger partial charge in [-0.1, -0.05) is 12.1 Å². The Labute approximate surface area is 244 Å². The van der Waals surface area contributed by atoms with E-state index in [1.807, 2.05) is 30.5 Å². The number of benzene rings is 2. The normalized spacial score (nSPS) is 13.9. The van der Waals surface area contributed by atoms with E-state index in [1.54, 1.807) is 18.3 Å². The third-order valence-corrected chi connectivity index (χ3v) is 7.04. The summed E-state index contributed by atoms with van der Waals surface area (Å²) in [4.78, 5) is 29.1. The van der Waals surface area contributed by atoms with Crippen molar-refractivity contribution in [3.8, 4) is 17.0 Å². The highest BCUT2D eigenvalue weighted by molar-refractivity contribution is 7.98. The van der Waals surface area contributed by atoms with E-state index >= 15 is 0 Å². The Hall–Kier alpha value is -4.20. The third-order valence-electron chi connectivity index (χ3n) is 6.30. The molecule has 1 saturated heterocycles. The lowest BCUT2D eigenvalue weighted by molar-refractivity contribution is -0.274. The summed E-state index contributed by atoms with van der Waals surface area (Å²) in [7, 11) is 0. The molecule has 2 aromatic heterocycles. The summed E-state index contributed by atoms with van der Waals surface area (Å²) >= 11 is 1.40. The number of thioether (sulfide) groups is 1. The minimum Gasteiger partial charge on any atom is -0.406 e. The summed E-state index contributed by atoms with van der Waals surface area (Å²) in [6.45, 7) is 4.00. The van der Waals surface area contributed by atoms with Crippen molar-refractivity contribution in [2.24, 2.45) is 0 Å². The fourth-order valence-electron chi connectivity index (χ4n) is 4.29. The van der Waals surface area contributed by atoms with Gasteiger partial charge in [-0.25, -0.2) is 15.0 Å². The van der Waals surface area contributed by atoms with Gasteiger partial charge >= 0.3 is 6.36 Å². The maximum Gasteiger partial charge on any atom is 0.573 e. The van der Waals surface area contributed by atoms with E-state index in [-0.39, 0.29) is 17.6 Å². The number of morpholine rings is 1. The van der Waals surface area contributed by atoms with E-state index < -0.39 is 6.36 Å². The number of nitrogens with zero attached hydrogens (tertiary/aromatic N) is 4. The maximum atomic E-state index is 12.9. The molecule has 2 N–H and O–H groups in total. The molecule has 13 heteroatoms. The quantitative estimate of drug-likeness (QED) is 0.226. The average molecular weight is 597 g/mol. The Morgan fingerprint density at radius 1 is 1.05 bits per heavy atom. The van der Waals surface area contributed by atoms with Gasteiger partial charge < -0.3 is 20.1 Å². The molecule has 1 amide bonds. The van der Waals surface area contributed by atoms with Crippen LogP contribution in [0.5, 0.6) is 5.75 Å². The lowest BCUT2D eigenvalue weighted by Crippen LogP contribution is -2.35. The highest BCUT2D eigenvalue weighted by Gasteiger charge is 2.31. The molecule has 0 unspecified atom stereocenters. The van der Waals surface area contributed by atoms with Crippen LogP contribution in [0.2, 0.25) is 0 Å². The van der Waals surface area contributed by atoms with Crippen LogP contribution in [0.1, 0.15) is 15.9 Å². The molecule has 42 heavy (non-hydrogen) atoms. The monoisotopic (exact) mass is 596 g/mol. The summed E-state index contributed by atoms with van der Waals surface area (Å²) in [6, 6.07) is 16.5. The standard InChI is InChI=1S/C29H27F3N6O3S/c1-42-24-17-34-28(37-26(24)20-5-8-23(9-6-20)41-29(30,31)32)36-25-10-7-21(16-33-25)27(39)35-22-4-2-3-19(15-22)18-38-11-13-40-14-12-38/h2-10,15-17H,11-14,18H2,1H3,(H,35,39)(H,33,34,36,37). The van der Waals surface area contributed by atoms with Crippen molar-refractivity contribution in [2.75, 3.05) is 43.2 Å².